The summed E-state index contributed by atoms with van der Waals surface area (Å²) in [6.45, 7) is 9.69. The summed E-state index contributed by atoms with van der Waals surface area (Å²) in [5.74, 6) is 0.190. The van der Waals surface area contributed by atoms with Gasteiger partial charge >= 0.3 is 0 Å². The molecule has 0 saturated carbocycles. The molecule has 0 aliphatic carbocycles. The van der Waals surface area contributed by atoms with Gasteiger partial charge in [-0.3, -0.25) is 4.79 Å². The molecular weight excluding hydrogens is 210 g/mol. The number of carbonyl (C=O) groups excluding carboxylic acids is 1. The topological polar surface area (TPSA) is 43.1 Å². The van der Waals surface area contributed by atoms with Crippen LogP contribution in [0.2, 0.25) is 0 Å². The third-order valence-electron chi connectivity index (χ3n) is 3.76. The van der Waals surface area contributed by atoms with E-state index >= 15 is 0 Å². The van der Waals surface area contributed by atoms with Crippen molar-refractivity contribution in [3.05, 3.63) is 35.4 Å². The highest BCUT2D eigenvalue weighted by Crippen LogP contribution is 2.30. The molecule has 0 heterocycles. The minimum Gasteiger partial charge on any atom is -0.325 e. The molecule has 0 spiro atoms. The molecule has 0 aliphatic rings. The van der Waals surface area contributed by atoms with Gasteiger partial charge in [-0.25, -0.2) is 0 Å². The number of benzene rings is 1. The summed E-state index contributed by atoms with van der Waals surface area (Å²) < 4.78 is 0. The van der Waals surface area contributed by atoms with Gasteiger partial charge in [-0.05, 0) is 26.3 Å². The first-order chi connectivity index (χ1) is 7.64. The number of hydrogen-bond acceptors (Lipinski definition) is 2. The van der Waals surface area contributed by atoms with Crippen molar-refractivity contribution in [1.29, 1.82) is 0 Å². The lowest BCUT2D eigenvalue weighted by atomic mass is 9.71. The van der Waals surface area contributed by atoms with E-state index in [1.165, 1.54) is 5.56 Å². The molecule has 17 heavy (non-hydrogen) atoms. The van der Waals surface area contributed by atoms with E-state index < -0.39 is 11.0 Å². The first-order valence-electron chi connectivity index (χ1n) is 6.02. The molecule has 0 fully saturated rings. The zero-order valence-corrected chi connectivity index (χ0v) is 11.5. The van der Waals surface area contributed by atoms with Crippen LogP contribution in [0.4, 0.5) is 0 Å². The maximum atomic E-state index is 12.3. The fourth-order valence-corrected chi connectivity index (χ4v) is 1.59. The Morgan fingerprint density at radius 2 is 1.82 bits per heavy atom. The van der Waals surface area contributed by atoms with Gasteiger partial charge in [0.25, 0.3) is 0 Å². The van der Waals surface area contributed by atoms with Crippen LogP contribution in [-0.4, -0.2) is 11.3 Å². The molecule has 0 aromatic heterocycles. The van der Waals surface area contributed by atoms with Gasteiger partial charge in [0, 0.05) is 17.4 Å². The molecule has 1 aromatic rings. The van der Waals surface area contributed by atoms with Crippen LogP contribution < -0.4 is 5.73 Å². The molecule has 0 radical (unpaired) electrons. The van der Waals surface area contributed by atoms with Crippen LogP contribution in [0.3, 0.4) is 0 Å². The average Bonchev–Trinajstić information content (AvgIpc) is 2.15. The van der Waals surface area contributed by atoms with Crippen LogP contribution in [0.25, 0.3) is 0 Å². The molecule has 1 rings (SSSR count). The second kappa shape index (κ2) is 4.61. The lowest BCUT2D eigenvalue weighted by Gasteiger charge is -2.37. The van der Waals surface area contributed by atoms with Crippen molar-refractivity contribution in [2.45, 2.75) is 46.6 Å². The molecule has 0 unspecified atom stereocenters. The molecule has 2 N–H and O–H groups in total. The number of rotatable bonds is 4. The second-order valence-electron chi connectivity index (χ2n) is 5.94. The van der Waals surface area contributed by atoms with E-state index in [1.807, 2.05) is 52.8 Å². The van der Waals surface area contributed by atoms with Gasteiger partial charge in [0.15, 0.2) is 0 Å². The Hall–Kier alpha value is -1.15. The van der Waals surface area contributed by atoms with Gasteiger partial charge < -0.3 is 5.73 Å². The molecular formula is C15H23NO. The summed E-state index contributed by atoms with van der Waals surface area (Å²) in [5, 5.41) is 0. The molecule has 2 heteroatoms. The quantitative estimate of drug-likeness (QED) is 0.869. The van der Waals surface area contributed by atoms with Crippen molar-refractivity contribution in [3.8, 4) is 0 Å². The standard InChI is InChI=1S/C15H23NO/c1-11-7-6-8-12(9-11)10-13(17)14(2,3)15(4,5)16/h6-9H,10,16H2,1-5H3. The summed E-state index contributed by atoms with van der Waals surface area (Å²) in [7, 11) is 0. The van der Waals surface area contributed by atoms with E-state index in [9.17, 15) is 4.79 Å². The number of nitrogens with two attached hydrogens (primary N) is 1. The maximum Gasteiger partial charge on any atom is 0.144 e. The Morgan fingerprint density at radius 1 is 1.24 bits per heavy atom. The van der Waals surface area contributed by atoms with Crippen molar-refractivity contribution in [3.63, 3.8) is 0 Å². The highest BCUT2D eigenvalue weighted by molar-refractivity contribution is 5.87. The SMILES string of the molecule is Cc1cccc(CC(=O)C(C)(C)C(C)(C)N)c1. The Kier molecular flexibility index (Phi) is 3.78. The Bertz CT molecular complexity index is 413. The highest BCUT2D eigenvalue weighted by Gasteiger charge is 2.39. The fraction of sp³-hybridized carbons (Fsp3) is 0.533. The van der Waals surface area contributed by atoms with E-state index in [4.69, 9.17) is 5.73 Å². The fourth-order valence-electron chi connectivity index (χ4n) is 1.59. The second-order valence-corrected chi connectivity index (χ2v) is 5.94. The van der Waals surface area contributed by atoms with Gasteiger partial charge in [-0.2, -0.15) is 0 Å². The number of ketones is 1. The highest BCUT2D eigenvalue weighted by atomic mass is 16.1. The Labute approximate surface area is 104 Å². The summed E-state index contributed by atoms with van der Waals surface area (Å²) in [6.07, 6.45) is 0.454. The third kappa shape index (κ3) is 3.16. The minimum absolute atomic E-state index is 0.190. The summed E-state index contributed by atoms with van der Waals surface area (Å²) in [4.78, 5) is 12.3. The van der Waals surface area contributed by atoms with Crippen molar-refractivity contribution in [2.24, 2.45) is 11.1 Å². The number of carbonyl (C=O) groups is 1. The molecule has 0 atom stereocenters. The molecule has 94 valence electrons. The molecule has 0 amide bonds. The van der Waals surface area contributed by atoms with Gasteiger partial charge in [-0.15, -0.1) is 0 Å². The van der Waals surface area contributed by atoms with Gasteiger partial charge in [-0.1, -0.05) is 43.7 Å². The van der Waals surface area contributed by atoms with Crippen LogP contribution in [0, 0.1) is 12.3 Å². The zero-order chi connectivity index (χ0) is 13.3. The van der Waals surface area contributed by atoms with E-state index in [2.05, 4.69) is 6.07 Å². The molecule has 0 aliphatic heterocycles. The van der Waals surface area contributed by atoms with E-state index in [0.29, 0.717) is 6.42 Å². The van der Waals surface area contributed by atoms with Crippen molar-refractivity contribution < 1.29 is 4.79 Å². The van der Waals surface area contributed by atoms with E-state index in [-0.39, 0.29) is 5.78 Å². The number of aryl methyl sites for hydroxylation is 1. The van der Waals surface area contributed by atoms with Gasteiger partial charge in [0.05, 0.1) is 0 Å². The van der Waals surface area contributed by atoms with Gasteiger partial charge in [0.2, 0.25) is 0 Å². The van der Waals surface area contributed by atoms with Crippen LogP contribution >= 0.6 is 0 Å². The predicted molar refractivity (Wildman–Crippen MR) is 71.9 cm³/mol. The smallest absolute Gasteiger partial charge is 0.144 e. The summed E-state index contributed by atoms with van der Waals surface area (Å²) in [5.41, 5.74) is 7.30. The Balaban J connectivity index is 2.87. The minimum atomic E-state index is -0.517. The Morgan fingerprint density at radius 3 is 2.29 bits per heavy atom. The normalized spacial score (nSPS) is 12.6. The van der Waals surface area contributed by atoms with Crippen molar-refractivity contribution in [1.82, 2.24) is 0 Å². The largest absolute Gasteiger partial charge is 0.325 e. The summed E-state index contributed by atoms with van der Waals surface area (Å²) >= 11 is 0. The first-order valence-corrected chi connectivity index (χ1v) is 6.02. The van der Waals surface area contributed by atoms with Crippen LogP contribution in [0.15, 0.2) is 24.3 Å². The number of Topliss-reactive ketones (excluding diaryl/α,β-unsaturated/α-hetero) is 1. The van der Waals surface area contributed by atoms with Crippen LogP contribution in [0.1, 0.15) is 38.8 Å². The lowest BCUT2D eigenvalue weighted by Crippen LogP contribution is -2.52. The molecule has 1 aromatic carbocycles. The van der Waals surface area contributed by atoms with Gasteiger partial charge in [0.1, 0.15) is 5.78 Å². The first kappa shape index (κ1) is 13.9. The lowest BCUT2D eigenvalue weighted by molar-refractivity contribution is -0.129. The molecule has 0 saturated heterocycles. The predicted octanol–water partition coefficient (Wildman–Crippen LogP) is 2.87. The molecule has 0 bridgehead atoms. The number of hydrogen-bond donors (Lipinski definition) is 1. The third-order valence-corrected chi connectivity index (χ3v) is 3.76. The van der Waals surface area contributed by atoms with E-state index in [0.717, 1.165) is 5.56 Å². The summed E-state index contributed by atoms with van der Waals surface area (Å²) in [6, 6.07) is 8.06. The maximum absolute atomic E-state index is 12.3. The van der Waals surface area contributed by atoms with Crippen LogP contribution in [0.5, 0.6) is 0 Å². The zero-order valence-electron chi connectivity index (χ0n) is 11.5. The monoisotopic (exact) mass is 233 g/mol. The van der Waals surface area contributed by atoms with Crippen molar-refractivity contribution in [2.75, 3.05) is 0 Å². The van der Waals surface area contributed by atoms with E-state index in [1.54, 1.807) is 0 Å². The van der Waals surface area contributed by atoms with Crippen LogP contribution in [-0.2, 0) is 11.2 Å². The molecule has 2 nitrogen and oxygen atoms in total. The van der Waals surface area contributed by atoms with Crippen molar-refractivity contribution >= 4 is 5.78 Å². The average molecular weight is 233 g/mol.